The average Bonchev–Trinajstić information content (AvgIpc) is 1.61. The second-order valence-corrected chi connectivity index (χ2v) is 2.04. The van der Waals surface area contributed by atoms with Gasteiger partial charge in [0.15, 0.2) is 0 Å². The van der Waals surface area contributed by atoms with Crippen LogP contribution < -0.4 is 0 Å². The maximum atomic E-state index is 8.16. The third-order valence-electron chi connectivity index (χ3n) is 0.376. The zero-order valence-corrected chi connectivity index (χ0v) is 4.66. The van der Waals surface area contributed by atoms with Crippen molar-refractivity contribution in [3.63, 3.8) is 0 Å². The molecule has 0 aromatic rings. The van der Waals surface area contributed by atoms with Crippen LogP contribution in [0.4, 0.5) is 0 Å². The highest BCUT2D eigenvalue weighted by molar-refractivity contribution is 8.01. The maximum Gasteiger partial charge on any atom is 0.0521 e. The number of hydrogen-bond acceptors (Lipinski definition) is 2. The summed E-state index contributed by atoms with van der Waals surface area (Å²) in [6.45, 7) is 2.25. The fourth-order valence-corrected chi connectivity index (χ4v) is 0.512. The van der Waals surface area contributed by atoms with Crippen molar-refractivity contribution >= 4 is 11.8 Å². The van der Waals surface area contributed by atoms with Crippen molar-refractivity contribution in [3.05, 3.63) is 5.75 Å². The van der Waals surface area contributed by atoms with E-state index < -0.39 is 0 Å². The second kappa shape index (κ2) is 5.31. The molecule has 1 N–H and O–H groups in total. The summed E-state index contributed by atoms with van der Waals surface area (Å²) in [5.74, 6) is 2.80. The molecular formula is C4H9OS. The largest absolute Gasteiger partial charge is 0.396 e. The lowest BCUT2D eigenvalue weighted by molar-refractivity contribution is 0.322. The van der Waals surface area contributed by atoms with Crippen LogP contribution in [-0.4, -0.2) is 17.5 Å². The highest BCUT2D eigenvalue weighted by Gasteiger charge is 1.76. The molecule has 1 nitrogen and oxygen atoms in total. The molecule has 0 rings (SSSR count). The van der Waals surface area contributed by atoms with E-state index in [2.05, 4.69) is 0 Å². The summed E-state index contributed by atoms with van der Waals surface area (Å²) in [5.41, 5.74) is 0. The summed E-state index contributed by atoms with van der Waals surface area (Å²) in [7, 11) is 0. The van der Waals surface area contributed by atoms with Gasteiger partial charge in [-0.3, -0.25) is 0 Å². The Labute approximate surface area is 42.8 Å². The summed E-state index contributed by atoms with van der Waals surface area (Å²) in [5, 5.41) is 8.16. The first-order chi connectivity index (χ1) is 2.91. The van der Waals surface area contributed by atoms with Crippen molar-refractivity contribution in [1.82, 2.24) is 0 Å². The van der Waals surface area contributed by atoms with Gasteiger partial charge in [0.1, 0.15) is 0 Å². The van der Waals surface area contributed by atoms with Gasteiger partial charge >= 0.3 is 0 Å². The molecule has 0 aliphatic carbocycles. The third kappa shape index (κ3) is 4.31. The molecule has 0 heterocycles. The van der Waals surface area contributed by atoms with Crippen molar-refractivity contribution in [1.29, 1.82) is 0 Å². The van der Waals surface area contributed by atoms with E-state index in [0.717, 1.165) is 5.75 Å². The Morgan fingerprint density at radius 3 is 2.67 bits per heavy atom. The van der Waals surface area contributed by atoms with E-state index in [-0.39, 0.29) is 6.61 Å². The Bertz CT molecular complexity index is 19.5. The molecule has 0 aliphatic heterocycles. The zero-order valence-electron chi connectivity index (χ0n) is 3.85. The van der Waals surface area contributed by atoms with E-state index >= 15 is 0 Å². The van der Waals surface area contributed by atoms with E-state index in [1.807, 2.05) is 12.7 Å². The van der Waals surface area contributed by atoms with Crippen LogP contribution >= 0.6 is 11.8 Å². The molecule has 0 saturated heterocycles. The molecule has 2 heteroatoms. The predicted molar refractivity (Wildman–Crippen MR) is 29.5 cm³/mol. The standard InChI is InChI=1S/C4H9OS/c1-2-6-4-3-5/h2,5H,3-4H2,1H3. The van der Waals surface area contributed by atoms with Crippen molar-refractivity contribution in [2.45, 2.75) is 6.92 Å². The van der Waals surface area contributed by atoms with Crippen LogP contribution in [0.2, 0.25) is 0 Å². The normalized spacial score (nSPS) is 9.00. The number of aliphatic hydroxyl groups excluding tert-OH is 1. The van der Waals surface area contributed by atoms with Crippen LogP contribution in [0.15, 0.2) is 0 Å². The van der Waals surface area contributed by atoms with Gasteiger partial charge in [-0.1, -0.05) is 6.92 Å². The fourth-order valence-electron chi connectivity index (χ4n) is 0.171. The second-order valence-electron chi connectivity index (χ2n) is 0.830. The minimum absolute atomic E-state index is 0.287. The maximum absolute atomic E-state index is 8.16. The molecule has 0 aromatic carbocycles. The molecule has 0 atom stereocenters. The molecule has 1 radical (unpaired) electrons. The van der Waals surface area contributed by atoms with Crippen LogP contribution in [0.3, 0.4) is 0 Å². The minimum Gasteiger partial charge on any atom is -0.396 e. The lowest BCUT2D eigenvalue weighted by atomic mass is 10.9. The number of hydrogen-bond donors (Lipinski definition) is 1. The topological polar surface area (TPSA) is 20.2 Å². The molecule has 0 fully saturated rings. The fraction of sp³-hybridized carbons (Fsp3) is 0.750. The Balaban J connectivity index is 2.34. The van der Waals surface area contributed by atoms with Gasteiger partial charge in [-0.2, -0.15) is 11.8 Å². The summed E-state index contributed by atoms with van der Waals surface area (Å²) in [6.07, 6.45) is 0. The van der Waals surface area contributed by atoms with E-state index in [0.29, 0.717) is 0 Å². The molecule has 0 unspecified atom stereocenters. The molecule has 0 saturated carbocycles. The number of rotatable bonds is 3. The first-order valence-corrected chi connectivity index (χ1v) is 2.97. The molecule has 37 valence electrons. The number of aliphatic hydroxyl groups is 1. The van der Waals surface area contributed by atoms with Crippen molar-refractivity contribution in [3.8, 4) is 0 Å². The first-order valence-electron chi connectivity index (χ1n) is 1.92. The first kappa shape index (κ1) is 6.31. The Kier molecular flexibility index (Phi) is 5.58. The van der Waals surface area contributed by atoms with Gasteiger partial charge in [0.25, 0.3) is 0 Å². The van der Waals surface area contributed by atoms with Crippen LogP contribution in [0.1, 0.15) is 6.92 Å². The third-order valence-corrected chi connectivity index (χ3v) is 1.13. The lowest BCUT2D eigenvalue weighted by Crippen LogP contribution is -1.82. The van der Waals surface area contributed by atoms with E-state index in [9.17, 15) is 0 Å². The quantitative estimate of drug-likeness (QED) is 0.538. The van der Waals surface area contributed by atoms with Gasteiger partial charge in [0.2, 0.25) is 0 Å². The SMILES string of the molecule is C[CH]SCCO. The van der Waals surface area contributed by atoms with Crippen LogP contribution in [0, 0.1) is 5.75 Å². The molecule has 0 aromatic heterocycles. The number of thioether (sulfide) groups is 1. The van der Waals surface area contributed by atoms with Crippen LogP contribution in [-0.2, 0) is 0 Å². The minimum atomic E-state index is 0.287. The van der Waals surface area contributed by atoms with Gasteiger partial charge in [0, 0.05) is 11.5 Å². The van der Waals surface area contributed by atoms with Gasteiger partial charge in [-0.15, -0.1) is 0 Å². The average molecular weight is 105 g/mol. The Hall–Kier alpha value is 0.310. The van der Waals surface area contributed by atoms with Gasteiger partial charge in [0.05, 0.1) is 6.61 Å². The Morgan fingerprint density at radius 2 is 2.50 bits per heavy atom. The molecule has 0 amide bonds. The summed E-state index contributed by atoms with van der Waals surface area (Å²) in [4.78, 5) is 0. The van der Waals surface area contributed by atoms with Crippen molar-refractivity contribution < 1.29 is 5.11 Å². The van der Waals surface area contributed by atoms with Gasteiger partial charge in [-0.05, 0) is 0 Å². The van der Waals surface area contributed by atoms with E-state index in [4.69, 9.17) is 5.11 Å². The highest BCUT2D eigenvalue weighted by Crippen LogP contribution is 1.99. The molecular weight excluding hydrogens is 96.1 g/mol. The molecule has 0 spiro atoms. The molecule has 0 bridgehead atoms. The predicted octanol–water partition coefficient (Wildman–Crippen LogP) is 0.894. The smallest absolute Gasteiger partial charge is 0.0521 e. The van der Waals surface area contributed by atoms with Gasteiger partial charge in [-0.25, -0.2) is 0 Å². The summed E-state index contributed by atoms with van der Waals surface area (Å²) in [6, 6.07) is 0. The van der Waals surface area contributed by atoms with E-state index in [1.54, 1.807) is 11.8 Å². The van der Waals surface area contributed by atoms with Crippen molar-refractivity contribution in [2.24, 2.45) is 0 Å². The molecule has 6 heavy (non-hydrogen) atoms. The van der Waals surface area contributed by atoms with E-state index in [1.165, 1.54) is 0 Å². The highest BCUT2D eigenvalue weighted by atomic mass is 32.2. The van der Waals surface area contributed by atoms with Crippen LogP contribution in [0.25, 0.3) is 0 Å². The lowest BCUT2D eigenvalue weighted by Gasteiger charge is -1.86. The zero-order chi connectivity index (χ0) is 4.83. The Morgan fingerprint density at radius 1 is 1.83 bits per heavy atom. The van der Waals surface area contributed by atoms with Crippen LogP contribution in [0.5, 0.6) is 0 Å². The summed E-state index contributed by atoms with van der Waals surface area (Å²) < 4.78 is 0. The summed E-state index contributed by atoms with van der Waals surface area (Å²) >= 11 is 1.63. The molecule has 0 aliphatic rings. The van der Waals surface area contributed by atoms with Crippen molar-refractivity contribution in [2.75, 3.05) is 12.4 Å². The van der Waals surface area contributed by atoms with Gasteiger partial charge < -0.3 is 5.11 Å². The monoisotopic (exact) mass is 105 g/mol.